The highest BCUT2D eigenvalue weighted by molar-refractivity contribution is 7.16. The zero-order chi connectivity index (χ0) is 15.0. The van der Waals surface area contributed by atoms with Gasteiger partial charge in [-0.25, -0.2) is 4.98 Å². The Balaban J connectivity index is 2.17. The molecular weight excluding hydrogens is 286 g/mol. The molecule has 108 valence electrons. The number of nitrogens with zero attached hydrogens (tertiary/aromatic N) is 3. The summed E-state index contributed by atoms with van der Waals surface area (Å²) in [7, 11) is 1.64. The lowest BCUT2D eigenvalue weighted by Crippen LogP contribution is -1.95. The predicted octanol–water partition coefficient (Wildman–Crippen LogP) is 3.15. The van der Waals surface area contributed by atoms with Crippen molar-refractivity contribution in [2.24, 2.45) is 0 Å². The summed E-state index contributed by atoms with van der Waals surface area (Å²) in [6, 6.07) is 5.77. The summed E-state index contributed by atoms with van der Waals surface area (Å²) in [5.41, 5.74) is 3.05. The number of fused-ring (bicyclic) bond motifs is 1. The molecule has 0 unspecified atom stereocenters. The SMILES string of the molecule is CCc1nn2c(C=O)c(-c3ccc(OC)c(C)c3)nc2s1. The molecular formula is C15H15N3O2S. The van der Waals surface area contributed by atoms with Crippen molar-refractivity contribution >= 4 is 22.6 Å². The van der Waals surface area contributed by atoms with Crippen molar-refractivity contribution in [3.05, 3.63) is 34.5 Å². The molecule has 5 nitrogen and oxygen atoms in total. The number of rotatable bonds is 4. The number of hydrogen-bond donors (Lipinski definition) is 0. The average Bonchev–Trinajstić information content (AvgIpc) is 3.03. The van der Waals surface area contributed by atoms with Crippen LogP contribution in [-0.4, -0.2) is 28.0 Å². The summed E-state index contributed by atoms with van der Waals surface area (Å²) in [5, 5.41) is 5.39. The van der Waals surface area contributed by atoms with Crippen LogP contribution >= 0.6 is 11.3 Å². The molecule has 0 N–H and O–H groups in total. The van der Waals surface area contributed by atoms with E-state index in [0.717, 1.165) is 39.6 Å². The molecule has 0 aliphatic carbocycles. The first kappa shape index (κ1) is 13.8. The zero-order valence-corrected chi connectivity index (χ0v) is 12.9. The molecule has 0 fully saturated rings. The zero-order valence-electron chi connectivity index (χ0n) is 12.1. The van der Waals surface area contributed by atoms with E-state index in [0.29, 0.717) is 11.4 Å². The van der Waals surface area contributed by atoms with Gasteiger partial charge in [0, 0.05) is 5.56 Å². The van der Waals surface area contributed by atoms with E-state index in [1.165, 1.54) is 11.3 Å². The van der Waals surface area contributed by atoms with E-state index in [4.69, 9.17) is 4.74 Å². The molecule has 0 spiro atoms. The Morgan fingerprint density at radius 1 is 1.43 bits per heavy atom. The first-order valence-electron chi connectivity index (χ1n) is 6.66. The van der Waals surface area contributed by atoms with E-state index in [1.54, 1.807) is 11.6 Å². The van der Waals surface area contributed by atoms with Gasteiger partial charge in [-0.05, 0) is 37.1 Å². The van der Waals surface area contributed by atoms with Crippen molar-refractivity contribution in [3.8, 4) is 17.0 Å². The minimum Gasteiger partial charge on any atom is -0.496 e. The molecule has 0 saturated heterocycles. The summed E-state index contributed by atoms with van der Waals surface area (Å²) in [6.45, 7) is 4.00. The first-order valence-corrected chi connectivity index (χ1v) is 7.48. The molecule has 0 amide bonds. The number of ether oxygens (including phenoxy) is 1. The highest BCUT2D eigenvalue weighted by atomic mass is 32.1. The number of carbonyl (C=O) groups excluding carboxylic acids is 1. The number of carbonyl (C=O) groups is 1. The summed E-state index contributed by atoms with van der Waals surface area (Å²) in [4.78, 5) is 16.8. The third kappa shape index (κ3) is 2.21. The summed E-state index contributed by atoms with van der Waals surface area (Å²) in [6.07, 6.45) is 1.65. The Bertz CT molecular complexity index is 820. The van der Waals surface area contributed by atoms with Crippen LogP contribution in [0.25, 0.3) is 16.2 Å². The fourth-order valence-corrected chi connectivity index (χ4v) is 3.13. The molecule has 0 aliphatic rings. The van der Waals surface area contributed by atoms with Gasteiger partial charge in [-0.1, -0.05) is 18.3 Å². The molecule has 0 aliphatic heterocycles. The summed E-state index contributed by atoms with van der Waals surface area (Å²) in [5.74, 6) is 0.818. The lowest BCUT2D eigenvalue weighted by Gasteiger charge is -2.06. The largest absolute Gasteiger partial charge is 0.496 e. The number of aromatic nitrogens is 3. The molecule has 3 rings (SSSR count). The number of aldehydes is 1. The van der Waals surface area contributed by atoms with E-state index in [9.17, 15) is 4.79 Å². The Morgan fingerprint density at radius 2 is 2.24 bits per heavy atom. The molecule has 3 aromatic rings. The van der Waals surface area contributed by atoms with Crippen LogP contribution in [0.1, 0.15) is 28.0 Å². The van der Waals surface area contributed by atoms with Crippen LogP contribution in [0.2, 0.25) is 0 Å². The number of imidazole rings is 1. The van der Waals surface area contributed by atoms with Gasteiger partial charge in [-0.2, -0.15) is 9.61 Å². The molecule has 6 heteroatoms. The van der Waals surface area contributed by atoms with Crippen molar-refractivity contribution in [1.29, 1.82) is 0 Å². The van der Waals surface area contributed by atoms with Crippen LogP contribution in [0.15, 0.2) is 18.2 Å². The smallest absolute Gasteiger partial charge is 0.213 e. The minimum atomic E-state index is 0.491. The maximum absolute atomic E-state index is 11.5. The van der Waals surface area contributed by atoms with Crippen LogP contribution in [-0.2, 0) is 6.42 Å². The Hall–Kier alpha value is -2.21. The van der Waals surface area contributed by atoms with Gasteiger partial charge < -0.3 is 4.74 Å². The average molecular weight is 301 g/mol. The number of methoxy groups -OCH3 is 1. The van der Waals surface area contributed by atoms with Crippen molar-refractivity contribution < 1.29 is 9.53 Å². The fourth-order valence-electron chi connectivity index (χ4n) is 2.29. The van der Waals surface area contributed by atoms with Crippen LogP contribution in [0.5, 0.6) is 5.75 Å². The molecule has 0 radical (unpaired) electrons. The van der Waals surface area contributed by atoms with Crippen LogP contribution in [0.3, 0.4) is 0 Å². The van der Waals surface area contributed by atoms with Crippen LogP contribution < -0.4 is 4.74 Å². The van der Waals surface area contributed by atoms with Gasteiger partial charge in [-0.3, -0.25) is 4.79 Å². The highest BCUT2D eigenvalue weighted by Gasteiger charge is 2.17. The van der Waals surface area contributed by atoms with Gasteiger partial charge in [0.1, 0.15) is 22.1 Å². The van der Waals surface area contributed by atoms with Crippen molar-refractivity contribution in [1.82, 2.24) is 14.6 Å². The molecule has 21 heavy (non-hydrogen) atoms. The van der Waals surface area contributed by atoms with Crippen molar-refractivity contribution in [2.75, 3.05) is 7.11 Å². The highest BCUT2D eigenvalue weighted by Crippen LogP contribution is 2.29. The minimum absolute atomic E-state index is 0.491. The Morgan fingerprint density at radius 3 is 2.86 bits per heavy atom. The molecule has 0 bridgehead atoms. The lowest BCUT2D eigenvalue weighted by molar-refractivity contribution is 0.111. The molecule has 2 heterocycles. The van der Waals surface area contributed by atoms with E-state index in [2.05, 4.69) is 10.1 Å². The summed E-state index contributed by atoms with van der Waals surface area (Å²) < 4.78 is 6.89. The standard InChI is InChI=1S/C15H15N3O2S/c1-4-13-17-18-11(8-19)14(16-15(18)21-13)10-5-6-12(20-3)9(2)7-10/h5-8H,4H2,1-3H3. The second kappa shape index (κ2) is 5.29. The maximum atomic E-state index is 11.5. The molecule has 0 saturated carbocycles. The van der Waals surface area contributed by atoms with Gasteiger partial charge in [0.05, 0.1) is 7.11 Å². The topological polar surface area (TPSA) is 56.5 Å². The summed E-state index contributed by atoms with van der Waals surface area (Å²) >= 11 is 1.51. The number of benzene rings is 1. The van der Waals surface area contributed by atoms with Gasteiger partial charge in [0.15, 0.2) is 6.29 Å². The second-order valence-electron chi connectivity index (χ2n) is 4.69. The van der Waals surface area contributed by atoms with E-state index < -0.39 is 0 Å². The van der Waals surface area contributed by atoms with Gasteiger partial charge in [0.25, 0.3) is 0 Å². The van der Waals surface area contributed by atoms with Crippen molar-refractivity contribution in [2.45, 2.75) is 20.3 Å². The van der Waals surface area contributed by atoms with Crippen LogP contribution in [0, 0.1) is 6.92 Å². The normalized spacial score (nSPS) is 11.0. The van der Waals surface area contributed by atoms with Gasteiger partial charge in [0.2, 0.25) is 4.96 Å². The quantitative estimate of drug-likeness (QED) is 0.695. The van der Waals surface area contributed by atoms with Crippen molar-refractivity contribution in [3.63, 3.8) is 0 Å². The van der Waals surface area contributed by atoms with E-state index >= 15 is 0 Å². The van der Waals surface area contributed by atoms with Gasteiger partial charge in [-0.15, -0.1) is 0 Å². The third-order valence-corrected chi connectivity index (χ3v) is 4.42. The van der Waals surface area contributed by atoms with E-state index in [1.807, 2.05) is 32.0 Å². The van der Waals surface area contributed by atoms with E-state index in [-0.39, 0.29) is 0 Å². The fraction of sp³-hybridized carbons (Fsp3) is 0.267. The second-order valence-corrected chi connectivity index (χ2v) is 5.73. The first-order chi connectivity index (χ1) is 10.2. The molecule has 0 atom stereocenters. The third-order valence-electron chi connectivity index (χ3n) is 3.36. The Kier molecular flexibility index (Phi) is 3.47. The maximum Gasteiger partial charge on any atom is 0.213 e. The van der Waals surface area contributed by atoms with Gasteiger partial charge >= 0.3 is 0 Å². The number of aryl methyl sites for hydroxylation is 2. The predicted molar refractivity (Wildman–Crippen MR) is 82.4 cm³/mol. The monoisotopic (exact) mass is 301 g/mol. The molecule has 1 aromatic carbocycles. The Labute approximate surface area is 126 Å². The lowest BCUT2D eigenvalue weighted by atomic mass is 10.1. The molecule has 2 aromatic heterocycles. The number of hydrogen-bond acceptors (Lipinski definition) is 5. The van der Waals surface area contributed by atoms with Crippen LogP contribution in [0.4, 0.5) is 0 Å².